The zero-order valence-corrected chi connectivity index (χ0v) is 12.2. The summed E-state index contributed by atoms with van der Waals surface area (Å²) in [6.07, 6.45) is -0.471. The first-order valence-electron chi connectivity index (χ1n) is 4.93. The van der Waals surface area contributed by atoms with E-state index in [0.29, 0.717) is 0 Å². The van der Waals surface area contributed by atoms with E-state index in [1.54, 1.807) is 0 Å². The van der Waals surface area contributed by atoms with E-state index < -0.39 is 18.9 Å². The molecule has 2 atom stereocenters. The zero-order chi connectivity index (χ0) is 10.9. The first-order valence-corrected chi connectivity index (χ1v) is 4.93. The van der Waals surface area contributed by atoms with Crippen molar-refractivity contribution in [1.29, 1.82) is 0 Å². The van der Waals surface area contributed by atoms with E-state index in [9.17, 15) is 12.9 Å². The SMILES string of the molecule is F[B-](F)(F)C1CC1OCc1ccccc1.[K+]. The molecule has 1 aliphatic rings. The van der Waals surface area contributed by atoms with E-state index in [1.165, 1.54) is 0 Å². The van der Waals surface area contributed by atoms with Gasteiger partial charge in [-0.2, -0.15) is 0 Å². The molecule has 0 aromatic heterocycles. The van der Waals surface area contributed by atoms with Gasteiger partial charge in [-0.3, -0.25) is 0 Å². The zero-order valence-electron chi connectivity index (χ0n) is 9.08. The van der Waals surface area contributed by atoms with Crippen LogP contribution >= 0.6 is 0 Å². The molecule has 16 heavy (non-hydrogen) atoms. The molecule has 0 N–H and O–H groups in total. The average molecular weight is 254 g/mol. The summed E-state index contributed by atoms with van der Waals surface area (Å²) in [7, 11) is 0. The van der Waals surface area contributed by atoms with Crippen LogP contribution in [0.4, 0.5) is 12.9 Å². The van der Waals surface area contributed by atoms with Crippen LogP contribution in [0, 0.1) is 0 Å². The number of ether oxygens (including phenoxy) is 1. The molecule has 1 nitrogen and oxygen atoms in total. The molecule has 1 saturated carbocycles. The van der Waals surface area contributed by atoms with Gasteiger partial charge in [0.15, 0.2) is 0 Å². The van der Waals surface area contributed by atoms with Crippen molar-refractivity contribution in [2.24, 2.45) is 0 Å². The molecule has 2 rings (SSSR count). The third-order valence-corrected chi connectivity index (χ3v) is 2.57. The van der Waals surface area contributed by atoms with E-state index in [1.807, 2.05) is 30.3 Å². The van der Waals surface area contributed by atoms with Gasteiger partial charge in [0.25, 0.3) is 0 Å². The monoisotopic (exact) mass is 254 g/mol. The molecule has 1 aromatic rings. The van der Waals surface area contributed by atoms with Gasteiger partial charge in [-0.15, -0.1) is 0 Å². The molecule has 0 radical (unpaired) electrons. The number of rotatable bonds is 4. The van der Waals surface area contributed by atoms with E-state index in [0.717, 1.165) is 5.56 Å². The van der Waals surface area contributed by atoms with Gasteiger partial charge in [-0.05, 0) is 17.8 Å². The largest absolute Gasteiger partial charge is 1.00 e. The van der Waals surface area contributed by atoms with Crippen LogP contribution in [0.2, 0.25) is 5.82 Å². The van der Waals surface area contributed by atoms with Gasteiger partial charge in [-0.1, -0.05) is 30.3 Å². The molecular weight excluding hydrogens is 243 g/mol. The molecule has 82 valence electrons. The maximum absolute atomic E-state index is 12.2. The minimum absolute atomic E-state index is 0. The Morgan fingerprint density at radius 2 is 1.81 bits per heavy atom. The van der Waals surface area contributed by atoms with Crippen LogP contribution in [0.15, 0.2) is 30.3 Å². The van der Waals surface area contributed by atoms with Crippen molar-refractivity contribution in [2.75, 3.05) is 0 Å². The quantitative estimate of drug-likeness (QED) is 0.697. The number of hydrogen-bond acceptors (Lipinski definition) is 1. The molecular formula is C10H11BF3KO. The number of benzene rings is 1. The summed E-state index contributed by atoms with van der Waals surface area (Å²) in [6.45, 7) is -4.43. The fourth-order valence-electron chi connectivity index (χ4n) is 1.56. The van der Waals surface area contributed by atoms with Crippen molar-refractivity contribution < 1.29 is 69.1 Å². The van der Waals surface area contributed by atoms with Gasteiger partial charge in [0, 0.05) is 6.10 Å². The van der Waals surface area contributed by atoms with Gasteiger partial charge in [0.05, 0.1) is 6.61 Å². The number of halogens is 3. The van der Waals surface area contributed by atoms with Crippen LogP contribution in [-0.2, 0) is 11.3 Å². The van der Waals surface area contributed by atoms with E-state index in [-0.39, 0.29) is 64.4 Å². The maximum atomic E-state index is 12.2. The predicted octanol–water partition coefficient (Wildman–Crippen LogP) is 0.197. The third-order valence-electron chi connectivity index (χ3n) is 2.57. The Kier molecular flexibility index (Phi) is 5.54. The fourth-order valence-corrected chi connectivity index (χ4v) is 1.56. The molecule has 0 amide bonds. The summed E-state index contributed by atoms with van der Waals surface area (Å²) in [5.74, 6) is -1.19. The fraction of sp³-hybridized carbons (Fsp3) is 0.400. The Hall–Kier alpha value is 0.671. The molecule has 0 heterocycles. The molecule has 6 heteroatoms. The van der Waals surface area contributed by atoms with E-state index in [4.69, 9.17) is 4.74 Å². The third kappa shape index (κ3) is 4.16. The van der Waals surface area contributed by atoms with Crippen molar-refractivity contribution in [1.82, 2.24) is 0 Å². The maximum Gasteiger partial charge on any atom is 1.00 e. The van der Waals surface area contributed by atoms with Crippen molar-refractivity contribution in [3.05, 3.63) is 35.9 Å². The summed E-state index contributed by atoms with van der Waals surface area (Å²) < 4.78 is 41.8. The minimum Gasteiger partial charge on any atom is -0.449 e. The van der Waals surface area contributed by atoms with Crippen molar-refractivity contribution in [3.8, 4) is 0 Å². The van der Waals surface area contributed by atoms with Gasteiger partial charge in [0.2, 0.25) is 0 Å². The average Bonchev–Trinajstić information content (AvgIpc) is 2.95. The van der Waals surface area contributed by atoms with Crippen LogP contribution in [0.3, 0.4) is 0 Å². The van der Waals surface area contributed by atoms with Crippen LogP contribution in [0.1, 0.15) is 12.0 Å². The van der Waals surface area contributed by atoms with Crippen LogP contribution < -0.4 is 51.4 Å². The summed E-state index contributed by atoms with van der Waals surface area (Å²) >= 11 is 0. The summed E-state index contributed by atoms with van der Waals surface area (Å²) in [4.78, 5) is 0. The van der Waals surface area contributed by atoms with Gasteiger partial charge >= 0.3 is 58.4 Å². The Morgan fingerprint density at radius 3 is 2.31 bits per heavy atom. The molecule has 0 bridgehead atoms. The number of hydrogen-bond donors (Lipinski definition) is 0. The predicted molar refractivity (Wildman–Crippen MR) is 52.5 cm³/mol. The second kappa shape index (κ2) is 6.02. The summed E-state index contributed by atoms with van der Waals surface area (Å²) in [5, 5.41) is 0. The van der Waals surface area contributed by atoms with E-state index >= 15 is 0 Å². The van der Waals surface area contributed by atoms with Crippen molar-refractivity contribution in [2.45, 2.75) is 24.9 Å². The molecule has 1 fully saturated rings. The standard InChI is InChI=1S/C10H11BF3O.K/c12-11(13,14)9-6-10(9)15-7-8-4-2-1-3-5-8;/h1-5,9-10H,6-7H2;/q-1;+1. The Morgan fingerprint density at radius 1 is 1.19 bits per heavy atom. The molecule has 1 aliphatic carbocycles. The first-order chi connectivity index (χ1) is 7.07. The second-order valence-electron chi connectivity index (χ2n) is 3.86. The van der Waals surface area contributed by atoms with Crippen molar-refractivity contribution >= 4 is 6.98 Å². The van der Waals surface area contributed by atoms with Crippen molar-refractivity contribution in [3.63, 3.8) is 0 Å². The minimum atomic E-state index is -4.71. The smallest absolute Gasteiger partial charge is 0.449 e. The van der Waals surface area contributed by atoms with Gasteiger partial charge in [-0.25, -0.2) is 0 Å². The summed E-state index contributed by atoms with van der Waals surface area (Å²) in [6, 6.07) is 9.24. The van der Waals surface area contributed by atoms with Crippen LogP contribution in [0.5, 0.6) is 0 Å². The molecule has 1 aromatic carbocycles. The molecule has 0 aliphatic heterocycles. The van der Waals surface area contributed by atoms with Crippen LogP contribution in [0.25, 0.3) is 0 Å². The second-order valence-corrected chi connectivity index (χ2v) is 3.86. The normalized spacial score (nSPS) is 23.7. The molecule has 0 saturated heterocycles. The van der Waals surface area contributed by atoms with Gasteiger partial charge in [0.1, 0.15) is 0 Å². The Labute approximate surface area is 135 Å². The molecule has 2 unspecified atom stereocenters. The topological polar surface area (TPSA) is 9.23 Å². The Balaban J connectivity index is 0.00000128. The van der Waals surface area contributed by atoms with E-state index in [2.05, 4.69) is 0 Å². The first kappa shape index (κ1) is 14.7. The molecule has 0 spiro atoms. The van der Waals surface area contributed by atoms with Crippen LogP contribution in [-0.4, -0.2) is 13.1 Å². The summed E-state index contributed by atoms with van der Waals surface area (Å²) in [5.41, 5.74) is 0.915. The Bertz CT molecular complexity index is 331. The van der Waals surface area contributed by atoms with Gasteiger partial charge < -0.3 is 17.7 Å².